The molecule has 3 aliphatic rings. The van der Waals surface area contributed by atoms with E-state index in [9.17, 15) is 39.9 Å². The van der Waals surface area contributed by atoms with Crippen molar-refractivity contribution in [1.29, 1.82) is 0 Å². The lowest BCUT2D eigenvalue weighted by Crippen LogP contribution is -2.46. The Kier molecular flexibility index (Phi) is 12.7. The molecule has 294 valence electrons. The van der Waals surface area contributed by atoms with Crippen molar-refractivity contribution >= 4 is 40.3 Å². The van der Waals surface area contributed by atoms with Crippen LogP contribution in [0.4, 0.5) is 5.69 Å². The molecule has 54 heavy (non-hydrogen) atoms. The molecule has 9 unspecified atom stereocenters. The highest BCUT2D eigenvalue weighted by molar-refractivity contribution is 6.23. The van der Waals surface area contributed by atoms with Crippen molar-refractivity contribution < 1.29 is 63.7 Å². The van der Waals surface area contributed by atoms with Crippen LogP contribution in [0.15, 0.2) is 41.3 Å². The van der Waals surface area contributed by atoms with E-state index in [0.717, 1.165) is 6.21 Å². The minimum Gasteiger partial charge on any atom is -0.507 e. The second-order valence-electron chi connectivity index (χ2n) is 14.0. The van der Waals surface area contributed by atoms with Gasteiger partial charge in [0.25, 0.3) is 11.7 Å². The Morgan fingerprint density at radius 1 is 0.944 bits per heavy atom. The number of esters is 1. The fourth-order valence-electron chi connectivity index (χ4n) is 6.98. The van der Waals surface area contributed by atoms with Gasteiger partial charge in [-0.2, -0.15) is 0 Å². The zero-order valence-corrected chi connectivity index (χ0v) is 32.0. The standard InChI is InChI=1S/C39H50N2O13/c1-17-12-11-13-18(2)38(49)41-29-24(16-40-51-10)33(46)26-27(34(29)47)32(45)22(6)36-28(26)37(48)39(8,54-36)52-15-14-25(50-9)19(3)35(53-23(7)42)21(5)31(44)20(4)30(17)43/h11-17,19-21,25,30-31,35,43-47H,1-10H3,(H,41,49)/b12-11?,15-14?,18-13?,40-16+. The SMILES string of the molecule is CO/N=C/c1c2c(O)c3c(O)c(C)c4c(c3c1O)C(=O)C(C)(OC=CC(OC)C(C)C(OC(C)=O)C(C)C(O)C(C)C(O)C(C)C=CC=C(C)C(=O)N2)O4. The third-order valence-electron chi connectivity index (χ3n) is 10.3. The Morgan fingerprint density at radius 3 is 2.22 bits per heavy atom. The van der Waals surface area contributed by atoms with Crippen molar-refractivity contribution in [3.05, 3.63) is 52.8 Å². The summed E-state index contributed by atoms with van der Waals surface area (Å²) in [6, 6.07) is 0. The number of oxime groups is 1. The molecule has 6 N–H and O–H groups in total. The number of benzene rings is 2. The molecule has 15 nitrogen and oxygen atoms in total. The van der Waals surface area contributed by atoms with Crippen molar-refractivity contribution in [2.75, 3.05) is 19.5 Å². The molecule has 0 saturated carbocycles. The van der Waals surface area contributed by atoms with E-state index in [-0.39, 0.29) is 44.5 Å². The van der Waals surface area contributed by atoms with E-state index >= 15 is 0 Å². The first-order valence-corrected chi connectivity index (χ1v) is 17.5. The molecule has 0 fully saturated rings. The van der Waals surface area contributed by atoms with Crippen molar-refractivity contribution in [3.8, 4) is 23.0 Å². The number of phenolic OH excluding ortho intramolecular Hbond substituents is 3. The van der Waals surface area contributed by atoms with Crippen molar-refractivity contribution in [2.45, 2.75) is 85.6 Å². The van der Waals surface area contributed by atoms with Crippen LogP contribution in [0.1, 0.15) is 70.0 Å². The van der Waals surface area contributed by atoms with Crippen LogP contribution >= 0.6 is 0 Å². The first kappa shape index (κ1) is 41.6. The largest absolute Gasteiger partial charge is 0.507 e. The average Bonchev–Trinajstić information content (AvgIpc) is 3.39. The van der Waals surface area contributed by atoms with Crippen LogP contribution in [-0.4, -0.2) is 93.8 Å². The summed E-state index contributed by atoms with van der Waals surface area (Å²) in [6.45, 7) is 12.4. The molecule has 0 aliphatic carbocycles. The molecule has 0 radical (unpaired) electrons. The van der Waals surface area contributed by atoms with Crippen molar-refractivity contribution in [3.63, 3.8) is 0 Å². The maximum Gasteiger partial charge on any atom is 0.312 e. The number of amides is 1. The van der Waals surface area contributed by atoms with Gasteiger partial charge in [-0.3, -0.25) is 14.4 Å². The number of allylic oxidation sites excluding steroid dienone is 2. The van der Waals surface area contributed by atoms with Gasteiger partial charge >= 0.3 is 11.8 Å². The number of Topliss-reactive ketones (excluding diaryl/α,β-unsaturated/α-hetero) is 1. The van der Waals surface area contributed by atoms with E-state index in [1.807, 2.05) is 0 Å². The molecule has 9 atom stereocenters. The number of hydrogen-bond acceptors (Lipinski definition) is 14. The lowest BCUT2D eigenvalue weighted by Gasteiger charge is -2.38. The summed E-state index contributed by atoms with van der Waals surface area (Å²) in [7, 11) is 2.66. The number of nitrogens with zero attached hydrogens (tertiary/aromatic N) is 1. The average molecular weight is 755 g/mol. The predicted octanol–water partition coefficient (Wildman–Crippen LogP) is 4.73. The minimum atomic E-state index is -2.05. The molecule has 2 aromatic rings. The minimum absolute atomic E-state index is 0.0323. The van der Waals surface area contributed by atoms with E-state index in [4.69, 9.17) is 23.8 Å². The summed E-state index contributed by atoms with van der Waals surface area (Å²) >= 11 is 0. The van der Waals surface area contributed by atoms with Gasteiger partial charge in [0.15, 0.2) is 5.75 Å². The smallest absolute Gasteiger partial charge is 0.312 e. The first-order valence-electron chi connectivity index (χ1n) is 17.5. The summed E-state index contributed by atoms with van der Waals surface area (Å²) in [4.78, 5) is 44.7. The number of phenols is 3. The highest BCUT2D eigenvalue weighted by atomic mass is 16.7. The van der Waals surface area contributed by atoms with Crippen LogP contribution in [0.3, 0.4) is 0 Å². The number of nitrogens with one attached hydrogen (secondary N) is 1. The number of rotatable bonds is 4. The molecule has 3 heterocycles. The molecule has 0 aromatic heterocycles. The highest BCUT2D eigenvalue weighted by Crippen LogP contribution is 2.55. The summed E-state index contributed by atoms with van der Waals surface area (Å²) in [5.74, 6) is -8.63. The van der Waals surface area contributed by atoms with Crippen LogP contribution in [0, 0.1) is 30.6 Å². The third-order valence-corrected chi connectivity index (χ3v) is 10.3. The summed E-state index contributed by atoms with van der Waals surface area (Å²) in [6.07, 6.45) is 4.44. The Hall–Kier alpha value is -5.12. The second-order valence-corrected chi connectivity index (χ2v) is 14.0. The van der Waals surface area contributed by atoms with E-state index in [1.165, 1.54) is 60.3 Å². The van der Waals surface area contributed by atoms with Gasteiger partial charge < -0.3 is 54.6 Å². The van der Waals surface area contributed by atoms with Crippen LogP contribution in [0.2, 0.25) is 0 Å². The molecule has 1 amide bonds. The van der Waals surface area contributed by atoms with Gasteiger partial charge in [-0.25, -0.2) is 0 Å². The Bertz CT molecular complexity index is 1920. The quantitative estimate of drug-likeness (QED) is 0.0818. The van der Waals surface area contributed by atoms with Gasteiger partial charge in [0.05, 0.1) is 53.0 Å². The van der Waals surface area contributed by atoms with E-state index in [0.29, 0.717) is 0 Å². The van der Waals surface area contributed by atoms with Gasteiger partial charge in [-0.1, -0.05) is 51.1 Å². The topological polar surface area (TPSA) is 223 Å². The summed E-state index contributed by atoms with van der Waals surface area (Å²) in [5.41, 5.74) is -0.636. The van der Waals surface area contributed by atoms with E-state index in [2.05, 4.69) is 10.5 Å². The zero-order valence-electron chi connectivity index (χ0n) is 32.0. The van der Waals surface area contributed by atoms with Gasteiger partial charge in [-0.15, -0.1) is 0 Å². The number of aromatic hydroxyl groups is 3. The normalized spacial score (nSPS) is 29.6. The van der Waals surface area contributed by atoms with E-state index < -0.39 is 88.8 Å². The van der Waals surface area contributed by atoms with E-state index in [1.54, 1.807) is 39.8 Å². The summed E-state index contributed by atoms with van der Waals surface area (Å²) in [5, 5.41) is 63.0. The molecule has 5 bridgehead atoms. The van der Waals surface area contributed by atoms with Crippen LogP contribution < -0.4 is 10.1 Å². The summed E-state index contributed by atoms with van der Waals surface area (Å²) < 4.78 is 23.3. The molecular formula is C39H50N2O13. The van der Waals surface area contributed by atoms with Crippen molar-refractivity contribution in [1.82, 2.24) is 0 Å². The van der Waals surface area contributed by atoms with Crippen LogP contribution in [-0.2, 0) is 28.6 Å². The number of methoxy groups -OCH3 is 1. The number of carbonyl (C=O) groups is 3. The number of anilines is 1. The Morgan fingerprint density at radius 2 is 1.61 bits per heavy atom. The zero-order chi connectivity index (χ0) is 40.4. The molecular weight excluding hydrogens is 704 g/mol. The molecule has 2 aromatic carbocycles. The van der Waals surface area contributed by atoms with Crippen LogP contribution in [0.25, 0.3) is 10.8 Å². The third kappa shape index (κ3) is 7.74. The molecule has 0 saturated heterocycles. The number of aliphatic hydroxyl groups is 2. The first-order chi connectivity index (χ1) is 25.3. The number of ketones is 1. The molecule has 5 rings (SSSR count). The number of aliphatic hydroxyl groups excluding tert-OH is 2. The molecule has 0 spiro atoms. The lowest BCUT2D eigenvalue weighted by atomic mass is 9.78. The van der Waals surface area contributed by atoms with Gasteiger partial charge in [0, 0.05) is 61.2 Å². The van der Waals surface area contributed by atoms with Crippen molar-refractivity contribution in [2.24, 2.45) is 28.8 Å². The Labute approximate surface area is 313 Å². The highest BCUT2D eigenvalue weighted by Gasteiger charge is 2.50. The number of carbonyl (C=O) groups excluding carboxylic acids is 3. The number of fused-ring (bicyclic) bond motifs is 14. The number of ether oxygens (including phenoxy) is 4. The molecule has 15 heteroatoms. The van der Waals surface area contributed by atoms with Crippen LogP contribution in [0.5, 0.6) is 23.0 Å². The lowest BCUT2D eigenvalue weighted by molar-refractivity contribution is -0.160. The predicted molar refractivity (Wildman–Crippen MR) is 198 cm³/mol. The second kappa shape index (κ2) is 16.5. The van der Waals surface area contributed by atoms with Gasteiger partial charge in [-0.05, 0) is 19.9 Å². The number of hydrogen-bond donors (Lipinski definition) is 6. The fraction of sp³-hybridized carbons (Fsp3) is 0.487. The maximum absolute atomic E-state index is 14.2. The maximum atomic E-state index is 14.2. The fourth-order valence-corrected chi connectivity index (χ4v) is 6.98. The van der Waals surface area contributed by atoms with Gasteiger partial charge in [0.2, 0.25) is 0 Å². The van der Waals surface area contributed by atoms with Gasteiger partial charge in [0.1, 0.15) is 30.5 Å². The monoisotopic (exact) mass is 754 g/mol. The Balaban J connectivity index is 1.96. The molecule has 3 aliphatic heterocycles.